The Balaban J connectivity index is 2.18. The number of aromatic nitrogens is 1. The molecule has 0 unspecified atom stereocenters. The zero-order valence-electron chi connectivity index (χ0n) is 9.98. The number of pyridine rings is 1. The molecular weight excluding hydrogens is 250 g/mol. The van der Waals surface area contributed by atoms with Gasteiger partial charge in [0.2, 0.25) is 0 Å². The van der Waals surface area contributed by atoms with Gasteiger partial charge in [0, 0.05) is 23.3 Å². The largest absolute Gasteiger partial charge is 0.496 e. The van der Waals surface area contributed by atoms with E-state index >= 15 is 0 Å². The molecular formula is C13H14ClN3O. The fraction of sp³-hybridized carbons (Fsp3) is 0.154. The van der Waals surface area contributed by atoms with Crippen LogP contribution in [0.1, 0.15) is 5.56 Å². The highest BCUT2D eigenvalue weighted by atomic mass is 35.5. The second-order valence-electron chi connectivity index (χ2n) is 3.72. The summed E-state index contributed by atoms with van der Waals surface area (Å²) in [7, 11) is 1.62. The molecule has 5 heteroatoms. The van der Waals surface area contributed by atoms with Crippen molar-refractivity contribution in [3.8, 4) is 5.75 Å². The van der Waals surface area contributed by atoms with E-state index in [0.29, 0.717) is 23.1 Å². The molecule has 0 aliphatic carbocycles. The van der Waals surface area contributed by atoms with Crippen molar-refractivity contribution in [1.29, 1.82) is 0 Å². The summed E-state index contributed by atoms with van der Waals surface area (Å²) in [4.78, 5) is 4.16. The van der Waals surface area contributed by atoms with Crippen LogP contribution in [0.15, 0.2) is 36.5 Å². The van der Waals surface area contributed by atoms with E-state index in [4.69, 9.17) is 22.1 Å². The SMILES string of the molecule is COc1cccc(Cl)c1CNc1ncccc1N. The first-order valence-electron chi connectivity index (χ1n) is 5.48. The maximum atomic E-state index is 6.14. The Bertz CT molecular complexity index is 546. The number of rotatable bonds is 4. The molecule has 1 heterocycles. The van der Waals surface area contributed by atoms with Gasteiger partial charge in [-0.15, -0.1) is 0 Å². The number of ether oxygens (including phenoxy) is 1. The fourth-order valence-corrected chi connectivity index (χ4v) is 1.87. The van der Waals surface area contributed by atoms with Crippen LogP contribution in [-0.2, 0) is 6.54 Å². The van der Waals surface area contributed by atoms with Gasteiger partial charge >= 0.3 is 0 Å². The third-order valence-electron chi connectivity index (χ3n) is 2.57. The Morgan fingerprint density at radius 1 is 1.33 bits per heavy atom. The monoisotopic (exact) mass is 263 g/mol. The lowest BCUT2D eigenvalue weighted by Gasteiger charge is -2.12. The molecule has 0 aliphatic rings. The van der Waals surface area contributed by atoms with E-state index in [1.165, 1.54) is 0 Å². The van der Waals surface area contributed by atoms with Crippen molar-refractivity contribution >= 4 is 23.1 Å². The van der Waals surface area contributed by atoms with Crippen molar-refractivity contribution < 1.29 is 4.74 Å². The maximum Gasteiger partial charge on any atom is 0.149 e. The summed E-state index contributed by atoms with van der Waals surface area (Å²) in [5.74, 6) is 1.38. The van der Waals surface area contributed by atoms with Gasteiger partial charge in [-0.2, -0.15) is 0 Å². The normalized spacial score (nSPS) is 10.1. The van der Waals surface area contributed by atoms with Gasteiger partial charge in [-0.25, -0.2) is 4.98 Å². The highest BCUT2D eigenvalue weighted by Crippen LogP contribution is 2.27. The number of nitrogens with two attached hydrogens (primary N) is 1. The third-order valence-corrected chi connectivity index (χ3v) is 2.92. The Labute approximate surface area is 111 Å². The number of hydrogen-bond donors (Lipinski definition) is 2. The van der Waals surface area contributed by atoms with E-state index < -0.39 is 0 Å². The minimum absolute atomic E-state index is 0.504. The molecule has 0 saturated heterocycles. The number of nitrogens with zero attached hydrogens (tertiary/aromatic N) is 1. The van der Waals surface area contributed by atoms with Gasteiger partial charge in [-0.05, 0) is 24.3 Å². The lowest BCUT2D eigenvalue weighted by atomic mass is 10.2. The summed E-state index contributed by atoms with van der Waals surface area (Å²) in [5.41, 5.74) is 7.29. The molecule has 0 aliphatic heterocycles. The number of halogens is 1. The molecule has 1 aromatic heterocycles. The number of benzene rings is 1. The first-order valence-corrected chi connectivity index (χ1v) is 5.86. The summed E-state index contributed by atoms with van der Waals surface area (Å²) < 4.78 is 5.27. The van der Waals surface area contributed by atoms with E-state index in [2.05, 4.69) is 10.3 Å². The van der Waals surface area contributed by atoms with Crippen LogP contribution in [0.2, 0.25) is 5.02 Å². The Hall–Kier alpha value is -1.94. The second-order valence-corrected chi connectivity index (χ2v) is 4.12. The maximum absolute atomic E-state index is 6.14. The van der Waals surface area contributed by atoms with Gasteiger partial charge in [0.25, 0.3) is 0 Å². The molecule has 1 aromatic carbocycles. The number of nitrogens with one attached hydrogen (secondary N) is 1. The van der Waals surface area contributed by atoms with E-state index in [1.807, 2.05) is 18.2 Å². The predicted molar refractivity (Wildman–Crippen MR) is 74.0 cm³/mol. The van der Waals surface area contributed by atoms with Gasteiger partial charge in [-0.3, -0.25) is 0 Å². The van der Waals surface area contributed by atoms with Gasteiger partial charge in [0.05, 0.1) is 12.8 Å². The van der Waals surface area contributed by atoms with Crippen molar-refractivity contribution in [1.82, 2.24) is 4.98 Å². The molecule has 0 bridgehead atoms. The number of methoxy groups -OCH3 is 1. The van der Waals surface area contributed by atoms with Crippen LogP contribution in [0.4, 0.5) is 11.5 Å². The van der Waals surface area contributed by atoms with Crippen LogP contribution in [0.25, 0.3) is 0 Å². The number of nitrogen functional groups attached to an aromatic ring is 1. The van der Waals surface area contributed by atoms with E-state index in [9.17, 15) is 0 Å². The number of hydrogen-bond acceptors (Lipinski definition) is 4. The fourth-order valence-electron chi connectivity index (χ4n) is 1.64. The summed E-state index contributed by atoms with van der Waals surface area (Å²) in [6.07, 6.45) is 1.68. The molecule has 2 aromatic rings. The van der Waals surface area contributed by atoms with Crippen molar-refractivity contribution in [3.63, 3.8) is 0 Å². The molecule has 94 valence electrons. The molecule has 0 spiro atoms. The molecule has 0 radical (unpaired) electrons. The highest BCUT2D eigenvalue weighted by molar-refractivity contribution is 6.31. The van der Waals surface area contributed by atoms with Crippen LogP contribution in [0, 0.1) is 0 Å². The van der Waals surface area contributed by atoms with Crippen molar-refractivity contribution in [2.45, 2.75) is 6.54 Å². The minimum atomic E-state index is 0.504. The third kappa shape index (κ3) is 2.65. The van der Waals surface area contributed by atoms with Crippen molar-refractivity contribution in [2.75, 3.05) is 18.2 Å². The smallest absolute Gasteiger partial charge is 0.149 e. The Morgan fingerprint density at radius 2 is 2.17 bits per heavy atom. The van der Waals surface area contributed by atoms with Crippen LogP contribution in [-0.4, -0.2) is 12.1 Å². The van der Waals surface area contributed by atoms with Gasteiger partial charge in [0.15, 0.2) is 0 Å². The lowest BCUT2D eigenvalue weighted by Crippen LogP contribution is -2.06. The zero-order valence-corrected chi connectivity index (χ0v) is 10.7. The van der Waals surface area contributed by atoms with E-state index in [1.54, 1.807) is 25.4 Å². The number of anilines is 2. The van der Waals surface area contributed by atoms with Crippen molar-refractivity contribution in [3.05, 3.63) is 47.1 Å². The minimum Gasteiger partial charge on any atom is -0.496 e. The second kappa shape index (κ2) is 5.60. The summed E-state index contributed by atoms with van der Waals surface area (Å²) in [5, 5.41) is 3.79. The average molecular weight is 264 g/mol. The van der Waals surface area contributed by atoms with E-state index in [-0.39, 0.29) is 0 Å². The summed E-state index contributed by atoms with van der Waals surface area (Å²) in [6, 6.07) is 9.11. The van der Waals surface area contributed by atoms with Crippen molar-refractivity contribution in [2.24, 2.45) is 0 Å². The predicted octanol–water partition coefficient (Wildman–Crippen LogP) is 2.94. The first kappa shape index (κ1) is 12.5. The highest BCUT2D eigenvalue weighted by Gasteiger charge is 2.08. The van der Waals surface area contributed by atoms with Crippen LogP contribution in [0.5, 0.6) is 5.75 Å². The Kier molecular flexibility index (Phi) is 3.89. The average Bonchev–Trinajstić information content (AvgIpc) is 2.39. The molecule has 0 fully saturated rings. The standard InChI is InChI=1S/C13H14ClN3O/c1-18-12-6-2-4-10(14)9(12)8-17-13-11(15)5-3-7-16-13/h2-7H,8,15H2,1H3,(H,16,17). The Morgan fingerprint density at radius 3 is 2.89 bits per heavy atom. The van der Waals surface area contributed by atoms with Crippen LogP contribution >= 0.6 is 11.6 Å². The quantitative estimate of drug-likeness (QED) is 0.890. The van der Waals surface area contributed by atoms with Gasteiger partial charge in [-0.1, -0.05) is 17.7 Å². The molecule has 4 nitrogen and oxygen atoms in total. The van der Waals surface area contributed by atoms with Crippen LogP contribution in [0.3, 0.4) is 0 Å². The lowest BCUT2D eigenvalue weighted by molar-refractivity contribution is 0.410. The van der Waals surface area contributed by atoms with Gasteiger partial charge < -0.3 is 15.8 Å². The van der Waals surface area contributed by atoms with Gasteiger partial charge in [0.1, 0.15) is 11.6 Å². The summed E-state index contributed by atoms with van der Waals surface area (Å²) >= 11 is 6.14. The first-order chi connectivity index (χ1) is 8.72. The molecule has 0 saturated carbocycles. The molecule has 0 atom stereocenters. The molecule has 2 rings (SSSR count). The molecule has 0 amide bonds. The van der Waals surface area contributed by atoms with E-state index in [0.717, 1.165) is 11.3 Å². The summed E-state index contributed by atoms with van der Waals surface area (Å²) in [6.45, 7) is 0.504. The molecule has 18 heavy (non-hydrogen) atoms. The topological polar surface area (TPSA) is 60.2 Å². The van der Waals surface area contributed by atoms with Crippen LogP contribution < -0.4 is 15.8 Å². The molecule has 3 N–H and O–H groups in total. The zero-order chi connectivity index (χ0) is 13.0.